The van der Waals surface area contributed by atoms with Crippen LogP contribution in [0.3, 0.4) is 0 Å². The van der Waals surface area contributed by atoms with Crippen molar-refractivity contribution in [3.8, 4) is 29.0 Å². The highest BCUT2D eigenvalue weighted by Gasteiger charge is 2.34. The molecule has 0 radical (unpaired) electrons. The lowest BCUT2D eigenvalue weighted by atomic mass is 9.96. The van der Waals surface area contributed by atoms with Gasteiger partial charge in [0, 0.05) is 23.7 Å². The molecule has 8 heteroatoms. The fourth-order valence-corrected chi connectivity index (χ4v) is 4.33. The van der Waals surface area contributed by atoms with Gasteiger partial charge in [0.2, 0.25) is 0 Å². The molecule has 2 N–H and O–H groups in total. The lowest BCUT2D eigenvalue weighted by Crippen LogP contribution is -2.45. The van der Waals surface area contributed by atoms with Crippen LogP contribution < -0.4 is 10.5 Å². The third-order valence-corrected chi connectivity index (χ3v) is 6.55. The van der Waals surface area contributed by atoms with Gasteiger partial charge in [-0.25, -0.2) is 4.98 Å². The molecule has 154 valence electrons. The second kappa shape index (κ2) is 8.53. The molecule has 2 aliphatic heterocycles. The molecule has 0 amide bonds. The highest BCUT2D eigenvalue weighted by Crippen LogP contribution is 2.37. The van der Waals surface area contributed by atoms with Gasteiger partial charge in [-0.2, -0.15) is 10.5 Å². The summed E-state index contributed by atoms with van der Waals surface area (Å²) in [7, 11) is 0. The summed E-state index contributed by atoms with van der Waals surface area (Å²) >= 11 is 1.48. The minimum absolute atomic E-state index is 0.134. The summed E-state index contributed by atoms with van der Waals surface area (Å²) in [6.45, 7) is 4.72. The summed E-state index contributed by atoms with van der Waals surface area (Å²) in [6, 6.07) is 11.7. The van der Waals surface area contributed by atoms with Gasteiger partial charge in [-0.05, 0) is 24.6 Å². The predicted molar refractivity (Wildman–Crippen MR) is 113 cm³/mol. The van der Waals surface area contributed by atoms with Crippen LogP contribution in [0, 0.1) is 28.6 Å². The molecular formula is C22H22N4O3S. The van der Waals surface area contributed by atoms with Crippen molar-refractivity contribution in [2.75, 3.05) is 37.9 Å². The van der Waals surface area contributed by atoms with Gasteiger partial charge in [-0.15, -0.1) is 11.8 Å². The summed E-state index contributed by atoms with van der Waals surface area (Å²) in [6.07, 6.45) is 0.978. The van der Waals surface area contributed by atoms with Gasteiger partial charge in [-0.1, -0.05) is 12.1 Å². The highest BCUT2D eigenvalue weighted by molar-refractivity contribution is 7.99. The zero-order valence-corrected chi connectivity index (χ0v) is 17.5. The van der Waals surface area contributed by atoms with E-state index in [4.69, 9.17) is 19.9 Å². The van der Waals surface area contributed by atoms with Gasteiger partial charge in [0.25, 0.3) is 0 Å². The third kappa shape index (κ3) is 4.08. The van der Waals surface area contributed by atoms with Gasteiger partial charge in [0.15, 0.2) is 0 Å². The van der Waals surface area contributed by atoms with Crippen LogP contribution in [0.2, 0.25) is 0 Å². The van der Waals surface area contributed by atoms with E-state index in [0.29, 0.717) is 34.4 Å². The van der Waals surface area contributed by atoms with E-state index in [-0.39, 0.29) is 17.0 Å². The number of nitrogens with zero attached hydrogens (tertiary/aromatic N) is 3. The van der Waals surface area contributed by atoms with Crippen molar-refractivity contribution >= 4 is 17.6 Å². The Morgan fingerprint density at radius 2 is 1.93 bits per heavy atom. The van der Waals surface area contributed by atoms with Gasteiger partial charge in [0.05, 0.1) is 25.4 Å². The largest absolute Gasteiger partial charge is 0.491 e. The van der Waals surface area contributed by atoms with E-state index in [1.807, 2.05) is 31.2 Å². The Kier molecular flexibility index (Phi) is 5.83. The SMILES string of the molecule is C[C@@]1(COc2ccc(-c3c(C#N)c(N)nc(SCC4COC4)c3C#N)cc2)CCO1. The number of hydrogen-bond donors (Lipinski definition) is 1. The molecule has 0 aliphatic carbocycles. The standard InChI is InChI=1S/C22H22N4O3S/c1-22(6-7-29-22)13-28-16-4-2-15(3-5-16)19-17(8-23)20(25)26-21(18(19)9-24)30-12-14-10-27-11-14/h2-5,14H,6-7,10-13H2,1H3,(H2,25,26)/t22-/m0/s1. The first-order chi connectivity index (χ1) is 14.5. The van der Waals surface area contributed by atoms with E-state index in [0.717, 1.165) is 37.6 Å². The van der Waals surface area contributed by atoms with Crippen LogP contribution in [0.25, 0.3) is 11.1 Å². The Morgan fingerprint density at radius 1 is 1.23 bits per heavy atom. The maximum absolute atomic E-state index is 9.85. The zero-order chi connectivity index (χ0) is 21.1. The highest BCUT2D eigenvalue weighted by atomic mass is 32.2. The third-order valence-electron chi connectivity index (χ3n) is 5.35. The van der Waals surface area contributed by atoms with E-state index in [1.54, 1.807) is 0 Å². The molecule has 2 saturated heterocycles. The maximum atomic E-state index is 9.85. The maximum Gasteiger partial charge on any atom is 0.143 e. The Morgan fingerprint density at radius 3 is 2.47 bits per heavy atom. The fourth-order valence-electron chi connectivity index (χ4n) is 3.29. The first-order valence-electron chi connectivity index (χ1n) is 9.74. The minimum atomic E-state index is -0.224. The fraction of sp³-hybridized carbons (Fsp3) is 0.409. The number of nitrogens with two attached hydrogens (primary N) is 1. The van der Waals surface area contributed by atoms with E-state index >= 15 is 0 Å². The number of rotatable bonds is 7. The Balaban J connectivity index is 1.61. The summed E-state index contributed by atoms with van der Waals surface area (Å²) in [5.74, 6) is 2.07. The van der Waals surface area contributed by atoms with Crippen molar-refractivity contribution in [2.24, 2.45) is 5.92 Å². The number of ether oxygens (including phenoxy) is 3. The van der Waals surface area contributed by atoms with Crippen molar-refractivity contribution in [3.63, 3.8) is 0 Å². The van der Waals surface area contributed by atoms with E-state index in [2.05, 4.69) is 17.1 Å². The minimum Gasteiger partial charge on any atom is -0.491 e. The molecule has 7 nitrogen and oxygen atoms in total. The number of benzene rings is 1. The monoisotopic (exact) mass is 422 g/mol. The Labute approximate surface area is 179 Å². The van der Waals surface area contributed by atoms with Crippen molar-refractivity contribution < 1.29 is 14.2 Å². The van der Waals surface area contributed by atoms with Gasteiger partial charge in [0.1, 0.15) is 46.5 Å². The molecule has 30 heavy (non-hydrogen) atoms. The second-order valence-electron chi connectivity index (χ2n) is 7.73. The molecule has 1 aromatic heterocycles. The van der Waals surface area contributed by atoms with E-state index in [1.165, 1.54) is 11.8 Å². The van der Waals surface area contributed by atoms with Crippen LogP contribution in [0.5, 0.6) is 5.75 Å². The predicted octanol–water partition coefficient (Wildman–Crippen LogP) is 3.37. The molecule has 2 aromatic rings. The molecule has 3 heterocycles. The summed E-state index contributed by atoms with van der Waals surface area (Å²) < 4.78 is 16.6. The zero-order valence-electron chi connectivity index (χ0n) is 16.7. The van der Waals surface area contributed by atoms with Crippen molar-refractivity contribution in [1.82, 2.24) is 4.98 Å². The number of thioether (sulfide) groups is 1. The lowest BCUT2D eigenvalue weighted by Gasteiger charge is -2.38. The quantitative estimate of drug-likeness (QED) is 0.676. The number of anilines is 1. The van der Waals surface area contributed by atoms with Crippen LogP contribution >= 0.6 is 11.8 Å². The summed E-state index contributed by atoms with van der Waals surface area (Å²) in [4.78, 5) is 4.34. The van der Waals surface area contributed by atoms with Crippen LogP contribution in [0.15, 0.2) is 29.3 Å². The van der Waals surface area contributed by atoms with E-state index < -0.39 is 0 Å². The van der Waals surface area contributed by atoms with Crippen LogP contribution in [-0.4, -0.2) is 42.8 Å². The summed E-state index contributed by atoms with van der Waals surface area (Å²) in [5.41, 5.74) is 7.68. The molecule has 1 aromatic carbocycles. The molecule has 4 rings (SSSR count). The number of pyridine rings is 1. The molecule has 0 spiro atoms. The van der Waals surface area contributed by atoms with Crippen LogP contribution in [0.1, 0.15) is 24.5 Å². The normalized spacial score (nSPS) is 20.5. The molecular weight excluding hydrogens is 400 g/mol. The van der Waals surface area contributed by atoms with Crippen molar-refractivity contribution in [2.45, 2.75) is 24.0 Å². The summed E-state index contributed by atoms with van der Waals surface area (Å²) in [5, 5.41) is 20.1. The first kappa shape index (κ1) is 20.5. The Bertz CT molecular complexity index is 1020. The smallest absolute Gasteiger partial charge is 0.143 e. The molecule has 2 aliphatic rings. The van der Waals surface area contributed by atoms with E-state index in [9.17, 15) is 10.5 Å². The van der Waals surface area contributed by atoms with Gasteiger partial charge < -0.3 is 19.9 Å². The molecule has 0 unspecified atom stereocenters. The van der Waals surface area contributed by atoms with Gasteiger partial charge >= 0.3 is 0 Å². The molecule has 1 atom stereocenters. The van der Waals surface area contributed by atoms with Crippen molar-refractivity contribution in [1.29, 1.82) is 10.5 Å². The van der Waals surface area contributed by atoms with Gasteiger partial charge in [-0.3, -0.25) is 0 Å². The van der Waals surface area contributed by atoms with Crippen LogP contribution in [0.4, 0.5) is 5.82 Å². The topological polar surface area (TPSA) is 114 Å². The molecule has 2 fully saturated rings. The number of hydrogen-bond acceptors (Lipinski definition) is 8. The van der Waals surface area contributed by atoms with Crippen LogP contribution in [-0.2, 0) is 9.47 Å². The Hall–Kier alpha value is -2.78. The average molecular weight is 423 g/mol. The molecule has 0 saturated carbocycles. The number of nitriles is 2. The average Bonchev–Trinajstić information content (AvgIpc) is 2.69. The lowest BCUT2D eigenvalue weighted by molar-refractivity contribution is -0.152. The number of nitrogen functional groups attached to an aromatic ring is 1. The first-order valence-corrected chi connectivity index (χ1v) is 10.7. The number of aromatic nitrogens is 1. The second-order valence-corrected chi connectivity index (χ2v) is 8.74. The molecule has 0 bridgehead atoms. The van der Waals surface area contributed by atoms with Crippen molar-refractivity contribution in [3.05, 3.63) is 35.4 Å².